The molecule has 1 aliphatic heterocycles. The van der Waals surface area contributed by atoms with E-state index in [-0.39, 0.29) is 6.42 Å². The number of carboxylic acids is 1. The molecule has 3 atom stereocenters. The maximum Gasteiger partial charge on any atom is 0.304 e. The van der Waals surface area contributed by atoms with Gasteiger partial charge in [-0.15, -0.1) is 0 Å². The summed E-state index contributed by atoms with van der Waals surface area (Å²) in [6.45, 7) is 6.25. The second kappa shape index (κ2) is 5.15. The maximum atomic E-state index is 10.5. The Labute approximate surface area is 97.0 Å². The number of hydrogen-bond donors (Lipinski definition) is 2. The minimum atomic E-state index is -0.687. The van der Waals surface area contributed by atoms with Crippen LogP contribution in [-0.2, 0) is 4.79 Å². The third kappa shape index (κ3) is 3.46. The van der Waals surface area contributed by atoms with E-state index in [4.69, 9.17) is 5.11 Å². The molecular formula is C12H22N2O2. The minimum absolute atomic E-state index is 0.278. The van der Waals surface area contributed by atoms with Crippen LogP contribution in [-0.4, -0.2) is 48.2 Å². The van der Waals surface area contributed by atoms with Crippen LogP contribution in [0.5, 0.6) is 0 Å². The number of carbonyl (C=O) groups is 1. The van der Waals surface area contributed by atoms with Gasteiger partial charge in [0.25, 0.3) is 0 Å². The summed E-state index contributed by atoms with van der Waals surface area (Å²) in [7, 11) is 0. The molecule has 0 aromatic rings. The summed E-state index contributed by atoms with van der Waals surface area (Å²) < 4.78 is 0. The summed E-state index contributed by atoms with van der Waals surface area (Å²) in [5.41, 5.74) is 0. The molecule has 0 amide bonds. The third-order valence-corrected chi connectivity index (χ3v) is 3.79. The number of aliphatic carboxylic acids is 1. The second-order valence-electron chi connectivity index (χ2n) is 5.33. The van der Waals surface area contributed by atoms with E-state index < -0.39 is 5.97 Å². The Hall–Kier alpha value is -0.610. The standard InChI is InChI=1S/C12H22N2O2/c1-9-6-11(9)13-7-10-2-4-14(8-10)5-3-12(15)16/h9-11,13H,2-8H2,1H3,(H,15,16)/t9-,10?,11-/m1/s1. The molecule has 2 fully saturated rings. The Bertz CT molecular complexity index is 257. The molecule has 2 aliphatic rings. The van der Waals surface area contributed by atoms with E-state index in [1.165, 1.54) is 12.8 Å². The molecule has 2 N–H and O–H groups in total. The summed E-state index contributed by atoms with van der Waals surface area (Å²) in [5.74, 6) is 0.902. The van der Waals surface area contributed by atoms with E-state index in [0.29, 0.717) is 6.54 Å². The molecule has 1 heterocycles. The average molecular weight is 226 g/mol. The number of hydrogen-bond acceptors (Lipinski definition) is 3. The molecule has 4 heteroatoms. The molecule has 1 aliphatic carbocycles. The monoisotopic (exact) mass is 226 g/mol. The van der Waals surface area contributed by atoms with Gasteiger partial charge >= 0.3 is 5.97 Å². The van der Waals surface area contributed by atoms with Gasteiger partial charge in [-0.05, 0) is 37.8 Å². The Morgan fingerprint density at radius 1 is 1.56 bits per heavy atom. The predicted molar refractivity (Wildman–Crippen MR) is 62.4 cm³/mol. The van der Waals surface area contributed by atoms with E-state index in [9.17, 15) is 4.79 Å². The SMILES string of the molecule is C[C@@H]1C[C@H]1NCC1CCN(CCC(=O)O)C1. The fourth-order valence-electron chi connectivity index (χ4n) is 2.46. The molecule has 0 aromatic carbocycles. The molecule has 1 saturated carbocycles. The van der Waals surface area contributed by atoms with Crippen molar-refractivity contribution < 1.29 is 9.90 Å². The lowest BCUT2D eigenvalue weighted by Crippen LogP contribution is -2.29. The molecule has 0 bridgehead atoms. The molecule has 0 aromatic heterocycles. The first-order valence-electron chi connectivity index (χ1n) is 6.32. The van der Waals surface area contributed by atoms with E-state index in [2.05, 4.69) is 17.1 Å². The summed E-state index contributed by atoms with van der Waals surface area (Å²) in [6.07, 6.45) is 2.82. The molecule has 16 heavy (non-hydrogen) atoms. The zero-order chi connectivity index (χ0) is 11.5. The highest BCUT2D eigenvalue weighted by Gasteiger charge is 2.33. The number of nitrogens with one attached hydrogen (secondary N) is 1. The lowest BCUT2D eigenvalue weighted by molar-refractivity contribution is -0.137. The van der Waals surface area contributed by atoms with Crippen molar-refractivity contribution >= 4 is 5.97 Å². The summed E-state index contributed by atoms with van der Waals surface area (Å²) in [4.78, 5) is 12.7. The van der Waals surface area contributed by atoms with Crippen molar-refractivity contribution in [1.29, 1.82) is 0 Å². The van der Waals surface area contributed by atoms with Crippen molar-refractivity contribution in [2.75, 3.05) is 26.2 Å². The third-order valence-electron chi connectivity index (χ3n) is 3.79. The second-order valence-corrected chi connectivity index (χ2v) is 5.33. The van der Waals surface area contributed by atoms with Gasteiger partial charge in [-0.1, -0.05) is 6.92 Å². The zero-order valence-electron chi connectivity index (χ0n) is 9.98. The van der Waals surface area contributed by atoms with Gasteiger partial charge < -0.3 is 15.3 Å². The first-order valence-corrected chi connectivity index (χ1v) is 6.32. The van der Waals surface area contributed by atoms with Gasteiger partial charge in [0.15, 0.2) is 0 Å². The molecule has 0 spiro atoms. The average Bonchev–Trinajstić information content (AvgIpc) is 2.77. The molecule has 92 valence electrons. The first-order chi connectivity index (χ1) is 7.65. The van der Waals surface area contributed by atoms with Gasteiger partial charge in [-0.3, -0.25) is 4.79 Å². The zero-order valence-corrected chi connectivity index (χ0v) is 9.98. The van der Waals surface area contributed by atoms with Crippen molar-refractivity contribution in [3.8, 4) is 0 Å². The molecule has 2 rings (SSSR count). The topological polar surface area (TPSA) is 52.6 Å². The van der Waals surface area contributed by atoms with Gasteiger partial charge in [-0.2, -0.15) is 0 Å². The van der Waals surface area contributed by atoms with Crippen LogP contribution in [0.2, 0.25) is 0 Å². The van der Waals surface area contributed by atoms with Gasteiger partial charge in [-0.25, -0.2) is 0 Å². The Morgan fingerprint density at radius 3 is 2.94 bits per heavy atom. The van der Waals surface area contributed by atoms with Crippen LogP contribution in [0.3, 0.4) is 0 Å². The normalized spacial score (nSPS) is 34.2. The molecule has 1 unspecified atom stereocenters. The lowest BCUT2D eigenvalue weighted by atomic mass is 10.1. The van der Waals surface area contributed by atoms with E-state index in [0.717, 1.165) is 37.5 Å². The highest BCUT2D eigenvalue weighted by Crippen LogP contribution is 2.29. The smallest absolute Gasteiger partial charge is 0.304 e. The first kappa shape index (κ1) is 11.9. The quantitative estimate of drug-likeness (QED) is 0.703. The summed E-state index contributed by atoms with van der Waals surface area (Å²) in [6, 6.07) is 0.757. The van der Waals surface area contributed by atoms with Gasteiger partial charge in [0.1, 0.15) is 0 Å². The molecule has 4 nitrogen and oxygen atoms in total. The van der Waals surface area contributed by atoms with Gasteiger partial charge in [0.2, 0.25) is 0 Å². The van der Waals surface area contributed by atoms with E-state index in [1.54, 1.807) is 0 Å². The summed E-state index contributed by atoms with van der Waals surface area (Å²) >= 11 is 0. The molecule has 0 radical (unpaired) electrons. The highest BCUT2D eigenvalue weighted by molar-refractivity contribution is 5.66. The number of carboxylic acid groups (broad SMARTS) is 1. The van der Waals surface area contributed by atoms with Crippen LogP contribution in [0.1, 0.15) is 26.2 Å². The predicted octanol–water partition coefficient (Wildman–Crippen LogP) is 0.781. The fourth-order valence-corrected chi connectivity index (χ4v) is 2.46. The Balaban J connectivity index is 1.58. The van der Waals surface area contributed by atoms with Crippen molar-refractivity contribution in [3.05, 3.63) is 0 Å². The van der Waals surface area contributed by atoms with Crippen LogP contribution in [0.4, 0.5) is 0 Å². The largest absolute Gasteiger partial charge is 0.481 e. The minimum Gasteiger partial charge on any atom is -0.481 e. The molecular weight excluding hydrogens is 204 g/mol. The summed E-state index contributed by atoms with van der Waals surface area (Å²) in [5, 5.41) is 12.2. The van der Waals surface area contributed by atoms with Crippen LogP contribution >= 0.6 is 0 Å². The fraction of sp³-hybridized carbons (Fsp3) is 0.917. The molecule has 1 saturated heterocycles. The number of nitrogens with zero attached hydrogens (tertiary/aromatic N) is 1. The number of likely N-dealkylation sites (tertiary alicyclic amines) is 1. The van der Waals surface area contributed by atoms with E-state index in [1.807, 2.05) is 0 Å². The van der Waals surface area contributed by atoms with Crippen molar-refractivity contribution in [3.63, 3.8) is 0 Å². The van der Waals surface area contributed by atoms with Gasteiger partial charge in [0, 0.05) is 19.1 Å². The highest BCUT2D eigenvalue weighted by atomic mass is 16.4. The van der Waals surface area contributed by atoms with Crippen LogP contribution < -0.4 is 5.32 Å². The number of rotatable bonds is 6. The van der Waals surface area contributed by atoms with Crippen LogP contribution in [0, 0.1) is 11.8 Å². The lowest BCUT2D eigenvalue weighted by Gasteiger charge is -2.15. The Kier molecular flexibility index (Phi) is 3.82. The van der Waals surface area contributed by atoms with Gasteiger partial charge in [0.05, 0.1) is 6.42 Å². The van der Waals surface area contributed by atoms with Crippen LogP contribution in [0.25, 0.3) is 0 Å². The van der Waals surface area contributed by atoms with E-state index >= 15 is 0 Å². The Morgan fingerprint density at radius 2 is 2.31 bits per heavy atom. The van der Waals surface area contributed by atoms with Crippen LogP contribution in [0.15, 0.2) is 0 Å². The maximum absolute atomic E-state index is 10.5. The van der Waals surface area contributed by atoms with Crippen molar-refractivity contribution in [2.45, 2.75) is 32.2 Å². The van der Waals surface area contributed by atoms with Crippen molar-refractivity contribution in [1.82, 2.24) is 10.2 Å². The van der Waals surface area contributed by atoms with Crippen molar-refractivity contribution in [2.24, 2.45) is 11.8 Å².